The Morgan fingerprint density at radius 2 is 1.71 bits per heavy atom. The molecule has 0 unspecified atom stereocenters. The van der Waals surface area contributed by atoms with Crippen molar-refractivity contribution in [3.63, 3.8) is 0 Å². The normalized spacial score (nSPS) is 11.2. The van der Waals surface area contributed by atoms with Crippen LogP contribution in [0.25, 0.3) is 0 Å². The number of nitrogens with zero attached hydrogens (tertiary/aromatic N) is 4. The number of azo groups is 1. The molecule has 9 heteroatoms. The standard InChI is InChI=1S/C12H11Cl2N5O2/c1-18-10(15)9(11(20)19(2)12(18)21)17-16-6-3-4-7(13)8(14)5-6/h3-5H,15H2,1-2H3. The molecule has 1 aromatic heterocycles. The zero-order valence-electron chi connectivity index (χ0n) is 11.2. The van der Waals surface area contributed by atoms with Crippen molar-refractivity contribution in [2.24, 2.45) is 24.3 Å². The Labute approximate surface area is 129 Å². The van der Waals surface area contributed by atoms with E-state index < -0.39 is 11.2 Å². The summed E-state index contributed by atoms with van der Waals surface area (Å²) in [6, 6.07) is 4.64. The largest absolute Gasteiger partial charge is 0.383 e. The predicted octanol–water partition coefficient (Wildman–Crippen LogP) is 2.39. The number of anilines is 1. The smallest absolute Gasteiger partial charge is 0.332 e. The lowest BCUT2D eigenvalue weighted by molar-refractivity contribution is 0.694. The highest BCUT2D eigenvalue weighted by Crippen LogP contribution is 2.27. The Hall–Kier alpha value is -2.12. The quantitative estimate of drug-likeness (QED) is 0.858. The summed E-state index contributed by atoms with van der Waals surface area (Å²) in [5.41, 5.74) is 4.84. The second-order valence-corrected chi connectivity index (χ2v) is 5.05. The number of hydrogen-bond donors (Lipinski definition) is 1. The van der Waals surface area contributed by atoms with Gasteiger partial charge in [-0.25, -0.2) is 4.79 Å². The van der Waals surface area contributed by atoms with Gasteiger partial charge in [0.1, 0.15) is 5.82 Å². The first-order chi connectivity index (χ1) is 9.82. The molecule has 21 heavy (non-hydrogen) atoms. The van der Waals surface area contributed by atoms with Crippen molar-refractivity contribution >= 4 is 40.4 Å². The van der Waals surface area contributed by atoms with E-state index in [0.29, 0.717) is 15.7 Å². The molecule has 2 N–H and O–H groups in total. The number of benzene rings is 1. The number of nitrogens with two attached hydrogens (primary N) is 1. The molecule has 0 aliphatic carbocycles. The molecule has 0 atom stereocenters. The minimum Gasteiger partial charge on any atom is -0.383 e. The van der Waals surface area contributed by atoms with Crippen molar-refractivity contribution < 1.29 is 0 Å². The Bertz CT molecular complexity index is 854. The van der Waals surface area contributed by atoms with Crippen molar-refractivity contribution in [3.05, 3.63) is 49.1 Å². The van der Waals surface area contributed by atoms with Gasteiger partial charge in [-0.05, 0) is 18.2 Å². The van der Waals surface area contributed by atoms with Crippen LogP contribution in [0.3, 0.4) is 0 Å². The number of aromatic nitrogens is 2. The molecule has 0 aliphatic rings. The highest BCUT2D eigenvalue weighted by Gasteiger charge is 2.12. The van der Waals surface area contributed by atoms with E-state index in [1.54, 1.807) is 12.1 Å². The molecule has 7 nitrogen and oxygen atoms in total. The van der Waals surface area contributed by atoms with Crippen LogP contribution in [0.2, 0.25) is 10.0 Å². The second-order valence-electron chi connectivity index (χ2n) is 4.24. The Balaban J connectivity index is 2.54. The third kappa shape index (κ3) is 2.84. The first kappa shape index (κ1) is 15.3. The zero-order chi connectivity index (χ0) is 15.7. The Morgan fingerprint density at radius 1 is 1.05 bits per heavy atom. The summed E-state index contributed by atoms with van der Waals surface area (Å²) in [6.45, 7) is 0. The van der Waals surface area contributed by atoms with Crippen LogP contribution >= 0.6 is 23.2 Å². The molecule has 0 spiro atoms. The van der Waals surface area contributed by atoms with E-state index in [0.717, 1.165) is 9.13 Å². The highest BCUT2D eigenvalue weighted by molar-refractivity contribution is 6.42. The lowest BCUT2D eigenvalue weighted by Gasteiger charge is -2.07. The van der Waals surface area contributed by atoms with Gasteiger partial charge in [-0.3, -0.25) is 13.9 Å². The summed E-state index contributed by atoms with van der Waals surface area (Å²) in [4.78, 5) is 23.6. The van der Waals surface area contributed by atoms with Gasteiger partial charge in [-0.1, -0.05) is 23.2 Å². The lowest BCUT2D eigenvalue weighted by Crippen LogP contribution is -2.37. The number of nitrogen functional groups attached to an aromatic ring is 1. The molecule has 1 aromatic carbocycles. The summed E-state index contributed by atoms with van der Waals surface area (Å²) in [5, 5.41) is 8.40. The van der Waals surface area contributed by atoms with Crippen molar-refractivity contribution in [1.29, 1.82) is 0 Å². The summed E-state index contributed by atoms with van der Waals surface area (Å²) >= 11 is 11.7. The van der Waals surface area contributed by atoms with Crippen LogP contribution in [0.5, 0.6) is 0 Å². The molecule has 1 heterocycles. The molecular weight excluding hydrogens is 317 g/mol. The lowest BCUT2D eigenvalue weighted by atomic mass is 10.3. The van der Waals surface area contributed by atoms with E-state index in [1.165, 1.54) is 20.2 Å². The fourth-order valence-corrected chi connectivity index (χ4v) is 1.88. The van der Waals surface area contributed by atoms with Crippen molar-refractivity contribution in [1.82, 2.24) is 9.13 Å². The van der Waals surface area contributed by atoms with Gasteiger partial charge in [0.05, 0.1) is 15.7 Å². The van der Waals surface area contributed by atoms with Gasteiger partial charge in [0.25, 0.3) is 5.56 Å². The van der Waals surface area contributed by atoms with E-state index in [2.05, 4.69) is 10.2 Å². The van der Waals surface area contributed by atoms with Crippen LogP contribution in [-0.4, -0.2) is 9.13 Å². The van der Waals surface area contributed by atoms with Crippen LogP contribution in [0.15, 0.2) is 38.0 Å². The predicted molar refractivity (Wildman–Crippen MR) is 82.0 cm³/mol. The van der Waals surface area contributed by atoms with E-state index in [1.807, 2.05) is 0 Å². The monoisotopic (exact) mass is 327 g/mol. The van der Waals surface area contributed by atoms with Gasteiger partial charge >= 0.3 is 5.69 Å². The summed E-state index contributed by atoms with van der Waals surface area (Å²) in [6.07, 6.45) is 0. The molecular formula is C12H11Cl2N5O2. The van der Waals surface area contributed by atoms with Crippen molar-refractivity contribution in [2.75, 3.05) is 5.73 Å². The molecule has 110 valence electrons. The van der Waals surface area contributed by atoms with E-state index >= 15 is 0 Å². The van der Waals surface area contributed by atoms with E-state index in [9.17, 15) is 9.59 Å². The molecule has 0 fully saturated rings. The molecule has 0 radical (unpaired) electrons. The summed E-state index contributed by atoms with van der Waals surface area (Å²) in [7, 11) is 2.78. The average Bonchev–Trinajstić information content (AvgIpc) is 2.46. The van der Waals surface area contributed by atoms with Gasteiger partial charge < -0.3 is 5.73 Å². The van der Waals surface area contributed by atoms with Gasteiger partial charge in [-0.15, -0.1) is 5.11 Å². The molecule has 2 aromatic rings. The van der Waals surface area contributed by atoms with Crippen LogP contribution in [0.1, 0.15) is 0 Å². The van der Waals surface area contributed by atoms with Gasteiger partial charge in [0.2, 0.25) is 0 Å². The van der Waals surface area contributed by atoms with Gasteiger partial charge in [0, 0.05) is 14.1 Å². The van der Waals surface area contributed by atoms with E-state index in [4.69, 9.17) is 28.9 Å². The third-order valence-corrected chi connectivity index (χ3v) is 3.59. The molecule has 0 aliphatic heterocycles. The van der Waals surface area contributed by atoms with Gasteiger partial charge in [-0.2, -0.15) is 5.11 Å². The second kappa shape index (κ2) is 5.71. The third-order valence-electron chi connectivity index (χ3n) is 2.85. The topological polar surface area (TPSA) is 94.7 Å². The molecule has 0 saturated carbocycles. The first-order valence-corrected chi connectivity index (χ1v) is 6.50. The minimum absolute atomic E-state index is 0.0630. The zero-order valence-corrected chi connectivity index (χ0v) is 12.7. The fraction of sp³-hybridized carbons (Fsp3) is 0.167. The fourth-order valence-electron chi connectivity index (χ4n) is 1.59. The summed E-state index contributed by atoms with van der Waals surface area (Å²) < 4.78 is 2.02. The average molecular weight is 328 g/mol. The van der Waals surface area contributed by atoms with E-state index in [-0.39, 0.29) is 11.5 Å². The minimum atomic E-state index is -0.626. The maximum absolute atomic E-state index is 12.0. The molecule has 0 amide bonds. The number of rotatable bonds is 2. The Kier molecular flexibility index (Phi) is 4.15. The van der Waals surface area contributed by atoms with Crippen LogP contribution in [0, 0.1) is 0 Å². The highest BCUT2D eigenvalue weighted by atomic mass is 35.5. The van der Waals surface area contributed by atoms with Crippen LogP contribution in [-0.2, 0) is 14.1 Å². The Morgan fingerprint density at radius 3 is 2.33 bits per heavy atom. The first-order valence-electron chi connectivity index (χ1n) is 5.75. The molecule has 2 rings (SSSR count). The summed E-state index contributed by atoms with van der Waals surface area (Å²) in [5.74, 6) is -0.0630. The van der Waals surface area contributed by atoms with Crippen LogP contribution < -0.4 is 17.0 Å². The SMILES string of the molecule is Cn1c(N)c(N=Nc2ccc(Cl)c(Cl)c2)c(=O)n(C)c1=O. The van der Waals surface area contributed by atoms with Crippen molar-refractivity contribution in [2.45, 2.75) is 0 Å². The number of hydrogen-bond acceptors (Lipinski definition) is 5. The molecule has 0 bridgehead atoms. The van der Waals surface area contributed by atoms with Gasteiger partial charge in [0.15, 0.2) is 5.69 Å². The van der Waals surface area contributed by atoms with Crippen LogP contribution in [0.4, 0.5) is 17.2 Å². The van der Waals surface area contributed by atoms with Crippen molar-refractivity contribution in [3.8, 4) is 0 Å². The molecule has 0 saturated heterocycles. The maximum Gasteiger partial charge on any atom is 0.332 e. The number of halogens is 2. The maximum atomic E-state index is 12.0.